The first-order valence-corrected chi connectivity index (χ1v) is 7.62. The summed E-state index contributed by atoms with van der Waals surface area (Å²) in [5.74, 6) is 0. The van der Waals surface area contributed by atoms with Crippen LogP contribution in [-0.2, 0) is 0 Å². The smallest absolute Gasteiger partial charge is 0.232 e. The van der Waals surface area contributed by atoms with Crippen molar-refractivity contribution in [1.82, 2.24) is 33.8 Å². The van der Waals surface area contributed by atoms with Crippen molar-refractivity contribution >= 4 is 19.0 Å². The van der Waals surface area contributed by atoms with E-state index in [-0.39, 0.29) is 0 Å². The molecule has 8 heteroatoms. The molecule has 0 saturated heterocycles. The highest BCUT2D eigenvalue weighted by molar-refractivity contribution is 7.67. The van der Waals surface area contributed by atoms with E-state index < -0.39 is 7.87 Å². The van der Waals surface area contributed by atoms with Crippen molar-refractivity contribution in [2.45, 2.75) is 0 Å². The summed E-state index contributed by atoms with van der Waals surface area (Å²) in [6.07, 6.45) is 1.78. The predicted octanol–water partition coefficient (Wildman–Crippen LogP) is 1.04. The standard InChI is InChI=1S/C11H21N7P/c1-15(2)19(16(3)4,17(5)6)18-11-10(13-14-18)8-7-9-12-11/h7-9H,1-6H3/q+1. The van der Waals surface area contributed by atoms with E-state index in [9.17, 15) is 0 Å². The van der Waals surface area contributed by atoms with Crippen LogP contribution in [0.25, 0.3) is 11.2 Å². The Hall–Kier alpha value is -1.14. The van der Waals surface area contributed by atoms with E-state index in [1.54, 1.807) is 6.20 Å². The van der Waals surface area contributed by atoms with Gasteiger partial charge >= 0.3 is 7.87 Å². The van der Waals surface area contributed by atoms with Gasteiger partial charge in [0.2, 0.25) is 5.65 Å². The van der Waals surface area contributed by atoms with Crippen LogP contribution < -0.4 is 0 Å². The number of hydrogen-bond donors (Lipinski definition) is 0. The SMILES string of the molecule is CN(C)[P+](N(C)C)(N(C)C)n1nnc2cccnc21. The zero-order valence-corrected chi connectivity index (χ0v) is 13.2. The molecule has 0 saturated carbocycles. The van der Waals surface area contributed by atoms with Crippen molar-refractivity contribution in [3.63, 3.8) is 0 Å². The molecule has 2 rings (SSSR count). The van der Waals surface area contributed by atoms with Crippen LogP contribution in [0.2, 0.25) is 0 Å². The summed E-state index contributed by atoms with van der Waals surface area (Å²) in [4.78, 5) is 4.44. The molecule has 0 aliphatic carbocycles. The van der Waals surface area contributed by atoms with Gasteiger partial charge in [-0.3, -0.25) is 0 Å². The lowest BCUT2D eigenvalue weighted by Crippen LogP contribution is -2.40. The summed E-state index contributed by atoms with van der Waals surface area (Å²) in [5, 5.41) is 8.59. The van der Waals surface area contributed by atoms with Crippen molar-refractivity contribution in [3.8, 4) is 0 Å². The van der Waals surface area contributed by atoms with Gasteiger partial charge in [-0.05, 0) is 21.8 Å². The molecule has 0 atom stereocenters. The highest BCUT2D eigenvalue weighted by Crippen LogP contribution is 2.64. The van der Waals surface area contributed by atoms with Crippen LogP contribution in [0.15, 0.2) is 18.3 Å². The largest absolute Gasteiger partial charge is 0.355 e. The van der Waals surface area contributed by atoms with Gasteiger partial charge in [0, 0.05) is 48.5 Å². The van der Waals surface area contributed by atoms with Crippen molar-refractivity contribution in [2.75, 3.05) is 42.3 Å². The maximum atomic E-state index is 4.44. The number of rotatable bonds is 4. The summed E-state index contributed by atoms with van der Waals surface area (Å²) in [5.41, 5.74) is 1.63. The van der Waals surface area contributed by atoms with Crippen LogP contribution >= 0.6 is 7.87 Å². The Kier molecular flexibility index (Phi) is 3.82. The Morgan fingerprint density at radius 1 is 1.00 bits per heavy atom. The summed E-state index contributed by atoms with van der Waals surface area (Å²) in [6.45, 7) is 0. The van der Waals surface area contributed by atoms with E-state index in [0.29, 0.717) is 0 Å². The van der Waals surface area contributed by atoms with Crippen LogP contribution in [0, 0.1) is 0 Å². The predicted molar refractivity (Wildman–Crippen MR) is 78.7 cm³/mol. The highest BCUT2D eigenvalue weighted by atomic mass is 31.2. The Labute approximate surface area is 114 Å². The highest BCUT2D eigenvalue weighted by Gasteiger charge is 2.53. The van der Waals surface area contributed by atoms with E-state index in [2.05, 4.69) is 71.6 Å². The van der Waals surface area contributed by atoms with Crippen molar-refractivity contribution in [1.29, 1.82) is 0 Å². The minimum absolute atomic E-state index is 0.812. The third-order valence-corrected chi connectivity index (χ3v) is 7.05. The summed E-state index contributed by atoms with van der Waals surface area (Å²) < 4.78 is 8.52. The zero-order valence-electron chi connectivity index (χ0n) is 12.3. The van der Waals surface area contributed by atoms with Gasteiger partial charge in [-0.1, -0.05) is 0 Å². The molecule has 2 heterocycles. The molecule has 0 amide bonds. The molecular formula is C11H21N7P+. The lowest BCUT2D eigenvalue weighted by molar-refractivity contribution is 0.438. The topological polar surface area (TPSA) is 53.3 Å². The molecule has 0 aliphatic rings. The maximum absolute atomic E-state index is 4.44. The fourth-order valence-electron chi connectivity index (χ4n) is 2.52. The Morgan fingerprint density at radius 3 is 2.11 bits per heavy atom. The lowest BCUT2D eigenvalue weighted by atomic mass is 10.4. The molecule has 0 N–H and O–H groups in total. The van der Waals surface area contributed by atoms with Gasteiger partial charge < -0.3 is 0 Å². The molecule has 0 bridgehead atoms. The molecule has 0 fully saturated rings. The fourth-order valence-corrected chi connectivity index (χ4v) is 6.23. The molecule has 0 aromatic carbocycles. The second-order valence-corrected chi connectivity index (χ2v) is 8.76. The second kappa shape index (κ2) is 5.09. The molecule has 19 heavy (non-hydrogen) atoms. The minimum Gasteiger partial charge on any atom is -0.232 e. The molecule has 2 aromatic heterocycles. The minimum atomic E-state index is -1.98. The normalized spacial score (nSPS) is 13.1. The molecular weight excluding hydrogens is 261 g/mol. The number of nitrogens with zero attached hydrogens (tertiary/aromatic N) is 7. The number of hydrogen-bond acceptors (Lipinski definition) is 6. The lowest BCUT2D eigenvalue weighted by Gasteiger charge is -2.37. The van der Waals surface area contributed by atoms with Crippen LogP contribution in [-0.4, -0.2) is 76.0 Å². The average Bonchev–Trinajstić information content (AvgIpc) is 2.73. The monoisotopic (exact) mass is 282 g/mol. The summed E-state index contributed by atoms with van der Waals surface area (Å²) >= 11 is 0. The molecule has 104 valence electrons. The average molecular weight is 282 g/mol. The van der Waals surface area contributed by atoms with Gasteiger partial charge in [0.25, 0.3) is 0 Å². The first kappa shape index (κ1) is 14.3. The molecule has 0 unspecified atom stereocenters. The molecule has 2 aromatic rings. The first-order valence-electron chi connectivity index (χ1n) is 6.02. The summed E-state index contributed by atoms with van der Waals surface area (Å²) in [6, 6.07) is 3.81. The quantitative estimate of drug-likeness (QED) is 0.781. The van der Waals surface area contributed by atoms with Crippen LogP contribution in [0.3, 0.4) is 0 Å². The first-order chi connectivity index (χ1) is 8.92. The van der Waals surface area contributed by atoms with Gasteiger partial charge in [0.1, 0.15) is 5.52 Å². The van der Waals surface area contributed by atoms with Crippen LogP contribution in [0.5, 0.6) is 0 Å². The number of pyridine rings is 1. The maximum Gasteiger partial charge on any atom is 0.355 e. The summed E-state index contributed by atoms with van der Waals surface area (Å²) in [7, 11) is 10.4. The number of aromatic nitrogens is 4. The number of fused-ring (bicyclic) bond motifs is 1. The van der Waals surface area contributed by atoms with Crippen molar-refractivity contribution in [3.05, 3.63) is 18.3 Å². The zero-order chi connectivity index (χ0) is 14.2. The van der Waals surface area contributed by atoms with Gasteiger partial charge in [-0.25, -0.2) is 4.98 Å². The Morgan fingerprint density at radius 2 is 1.58 bits per heavy atom. The molecule has 7 nitrogen and oxygen atoms in total. The van der Waals surface area contributed by atoms with Gasteiger partial charge in [-0.15, -0.1) is 19.1 Å². The van der Waals surface area contributed by atoms with Crippen molar-refractivity contribution in [2.24, 2.45) is 0 Å². The second-order valence-electron chi connectivity index (χ2n) is 4.90. The van der Waals surface area contributed by atoms with E-state index in [1.165, 1.54) is 0 Å². The van der Waals surface area contributed by atoms with Gasteiger partial charge in [-0.2, -0.15) is 0 Å². The molecule has 0 radical (unpaired) electrons. The van der Waals surface area contributed by atoms with E-state index in [1.807, 2.05) is 16.6 Å². The van der Waals surface area contributed by atoms with Crippen LogP contribution in [0.1, 0.15) is 0 Å². The molecule has 0 aliphatic heterocycles. The Bertz CT molecular complexity index is 541. The Balaban J connectivity index is 2.74. The van der Waals surface area contributed by atoms with Gasteiger partial charge in [0.15, 0.2) is 0 Å². The molecule has 0 spiro atoms. The van der Waals surface area contributed by atoms with E-state index in [0.717, 1.165) is 11.2 Å². The van der Waals surface area contributed by atoms with Crippen molar-refractivity contribution < 1.29 is 0 Å². The third-order valence-electron chi connectivity index (χ3n) is 3.06. The van der Waals surface area contributed by atoms with E-state index >= 15 is 0 Å². The van der Waals surface area contributed by atoms with E-state index in [4.69, 9.17) is 0 Å². The van der Waals surface area contributed by atoms with Crippen LogP contribution in [0.4, 0.5) is 0 Å². The van der Waals surface area contributed by atoms with Gasteiger partial charge in [0.05, 0.1) is 0 Å². The third kappa shape index (κ3) is 2.03. The fraction of sp³-hybridized carbons (Fsp3) is 0.545.